The Kier molecular flexibility index (Phi) is 10.9. The summed E-state index contributed by atoms with van der Waals surface area (Å²) in [7, 11) is 1.89. The summed E-state index contributed by atoms with van der Waals surface area (Å²) >= 11 is 0. The van der Waals surface area contributed by atoms with Crippen LogP contribution in [0.1, 0.15) is 13.8 Å². The molecule has 68 valence electrons. The molecule has 1 N–H and O–H groups in total. The Balaban J connectivity index is 0. The van der Waals surface area contributed by atoms with Gasteiger partial charge in [0.05, 0.1) is 0 Å². The molecule has 0 heterocycles. The van der Waals surface area contributed by atoms with Crippen molar-refractivity contribution in [2.24, 2.45) is 0 Å². The SMILES string of the molecule is C=C.C=C(C)/C(=C\C=C/C)NC. The van der Waals surface area contributed by atoms with Gasteiger partial charge in [-0.15, -0.1) is 13.2 Å². The van der Waals surface area contributed by atoms with E-state index in [1.807, 2.05) is 39.1 Å². The maximum absolute atomic E-state index is 3.81. The fraction of sp³-hybridized carbons (Fsp3) is 0.273. The molecular weight excluding hydrogens is 146 g/mol. The van der Waals surface area contributed by atoms with E-state index < -0.39 is 0 Å². The van der Waals surface area contributed by atoms with E-state index in [4.69, 9.17) is 0 Å². The van der Waals surface area contributed by atoms with Crippen molar-refractivity contribution in [1.82, 2.24) is 5.32 Å². The first-order valence-electron chi connectivity index (χ1n) is 3.89. The van der Waals surface area contributed by atoms with E-state index in [9.17, 15) is 0 Å². The summed E-state index contributed by atoms with van der Waals surface area (Å²) < 4.78 is 0. The van der Waals surface area contributed by atoms with Gasteiger partial charge in [-0.05, 0) is 25.5 Å². The van der Waals surface area contributed by atoms with Crippen LogP contribution in [0.15, 0.2) is 49.2 Å². The molecule has 0 saturated heterocycles. The highest BCUT2D eigenvalue weighted by atomic mass is 14.8. The molecule has 0 aliphatic rings. The first-order chi connectivity index (χ1) is 5.72. The highest BCUT2D eigenvalue weighted by Crippen LogP contribution is 2.00. The van der Waals surface area contributed by atoms with E-state index in [1.165, 1.54) is 0 Å². The molecule has 0 aliphatic heterocycles. The molecule has 0 atom stereocenters. The van der Waals surface area contributed by atoms with Crippen LogP contribution in [0.2, 0.25) is 0 Å². The van der Waals surface area contributed by atoms with Crippen LogP contribution in [-0.4, -0.2) is 7.05 Å². The van der Waals surface area contributed by atoms with Crippen LogP contribution in [0.4, 0.5) is 0 Å². The third-order valence-corrected chi connectivity index (χ3v) is 1.18. The minimum Gasteiger partial charge on any atom is -0.388 e. The number of hydrogen-bond donors (Lipinski definition) is 1. The van der Waals surface area contributed by atoms with Crippen LogP contribution < -0.4 is 5.32 Å². The first kappa shape index (κ1) is 13.4. The van der Waals surface area contributed by atoms with Gasteiger partial charge >= 0.3 is 0 Å². The van der Waals surface area contributed by atoms with Crippen molar-refractivity contribution in [2.45, 2.75) is 13.8 Å². The predicted octanol–water partition coefficient (Wildman–Crippen LogP) is 3.04. The van der Waals surface area contributed by atoms with E-state index in [0.29, 0.717) is 0 Å². The standard InChI is InChI=1S/C9H15N.C2H4/c1-5-6-7-9(10-4)8(2)3;1-2/h5-7,10H,2H2,1,3-4H3;1-2H2/b6-5-,9-7+;. The Morgan fingerprint density at radius 1 is 1.33 bits per heavy atom. The lowest BCUT2D eigenvalue weighted by Gasteiger charge is -2.02. The molecule has 0 unspecified atom stereocenters. The second-order valence-electron chi connectivity index (χ2n) is 2.14. The lowest BCUT2D eigenvalue weighted by atomic mass is 10.2. The van der Waals surface area contributed by atoms with Crippen molar-refractivity contribution in [1.29, 1.82) is 0 Å². The Bertz CT molecular complexity index is 175. The summed E-state index contributed by atoms with van der Waals surface area (Å²) in [6.45, 7) is 13.8. The maximum Gasteiger partial charge on any atom is 0.0361 e. The summed E-state index contributed by atoms with van der Waals surface area (Å²) in [6, 6.07) is 0. The quantitative estimate of drug-likeness (QED) is 0.500. The summed E-state index contributed by atoms with van der Waals surface area (Å²) in [5, 5.41) is 3.05. The second-order valence-corrected chi connectivity index (χ2v) is 2.14. The topological polar surface area (TPSA) is 12.0 Å². The number of allylic oxidation sites excluding steroid dienone is 4. The number of likely N-dealkylation sites (N-methyl/N-ethyl adjacent to an activating group) is 1. The largest absolute Gasteiger partial charge is 0.388 e. The van der Waals surface area contributed by atoms with E-state index in [1.54, 1.807) is 0 Å². The molecule has 0 spiro atoms. The van der Waals surface area contributed by atoms with Crippen LogP contribution in [0.5, 0.6) is 0 Å². The average molecular weight is 165 g/mol. The third kappa shape index (κ3) is 6.87. The van der Waals surface area contributed by atoms with Crippen LogP contribution >= 0.6 is 0 Å². The van der Waals surface area contributed by atoms with Gasteiger partial charge in [-0.2, -0.15) is 0 Å². The van der Waals surface area contributed by atoms with Gasteiger partial charge in [-0.1, -0.05) is 18.7 Å². The number of rotatable bonds is 3. The summed E-state index contributed by atoms with van der Waals surface area (Å²) in [5.74, 6) is 0. The van der Waals surface area contributed by atoms with Gasteiger partial charge in [0.1, 0.15) is 0 Å². The summed E-state index contributed by atoms with van der Waals surface area (Å²) in [6.07, 6.45) is 5.98. The molecule has 0 amide bonds. The van der Waals surface area contributed by atoms with Crippen molar-refractivity contribution in [3.63, 3.8) is 0 Å². The minimum atomic E-state index is 1.06. The molecule has 12 heavy (non-hydrogen) atoms. The van der Waals surface area contributed by atoms with Crippen molar-refractivity contribution >= 4 is 0 Å². The van der Waals surface area contributed by atoms with Crippen LogP contribution in [0, 0.1) is 0 Å². The highest BCUT2D eigenvalue weighted by Gasteiger charge is 1.88. The summed E-state index contributed by atoms with van der Waals surface area (Å²) in [4.78, 5) is 0. The molecule has 0 radical (unpaired) electrons. The monoisotopic (exact) mass is 165 g/mol. The van der Waals surface area contributed by atoms with E-state index >= 15 is 0 Å². The predicted molar refractivity (Wildman–Crippen MR) is 58.0 cm³/mol. The molecule has 0 aromatic heterocycles. The molecule has 1 heteroatoms. The molecule has 1 nitrogen and oxygen atoms in total. The van der Waals surface area contributed by atoms with E-state index in [2.05, 4.69) is 25.1 Å². The molecule has 0 saturated carbocycles. The molecular formula is C11H19N. The number of nitrogens with one attached hydrogen (secondary N) is 1. The molecule has 0 bridgehead atoms. The normalized spacial score (nSPS) is 10.4. The minimum absolute atomic E-state index is 1.06. The van der Waals surface area contributed by atoms with Gasteiger partial charge in [0.25, 0.3) is 0 Å². The highest BCUT2D eigenvalue weighted by molar-refractivity contribution is 5.27. The van der Waals surface area contributed by atoms with Crippen molar-refractivity contribution < 1.29 is 0 Å². The van der Waals surface area contributed by atoms with Crippen LogP contribution in [0.25, 0.3) is 0 Å². The van der Waals surface area contributed by atoms with Gasteiger partial charge in [-0.3, -0.25) is 0 Å². The second kappa shape index (κ2) is 9.76. The zero-order chi connectivity index (χ0) is 9.98. The molecule has 0 rings (SSSR count). The zero-order valence-corrected chi connectivity index (χ0v) is 8.35. The van der Waals surface area contributed by atoms with Gasteiger partial charge in [0.2, 0.25) is 0 Å². The third-order valence-electron chi connectivity index (χ3n) is 1.18. The molecule has 0 aliphatic carbocycles. The fourth-order valence-corrected chi connectivity index (χ4v) is 0.631. The van der Waals surface area contributed by atoms with Gasteiger partial charge < -0.3 is 5.32 Å². The Morgan fingerprint density at radius 2 is 1.83 bits per heavy atom. The Labute approximate surface area is 76.2 Å². The maximum atomic E-state index is 3.81. The fourth-order valence-electron chi connectivity index (χ4n) is 0.631. The average Bonchev–Trinajstić information content (AvgIpc) is 2.09. The van der Waals surface area contributed by atoms with E-state index in [-0.39, 0.29) is 0 Å². The van der Waals surface area contributed by atoms with Crippen molar-refractivity contribution in [3.8, 4) is 0 Å². The zero-order valence-electron chi connectivity index (χ0n) is 8.35. The van der Waals surface area contributed by atoms with Crippen molar-refractivity contribution in [3.05, 3.63) is 49.2 Å². The molecule has 0 fully saturated rings. The van der Waals surface area contributed by atoms with Gasteiger partial charge in [0, 0.05) is 12.7 Å². The Morgan fingerprint density at radius 3 is 2.08 bits per heavy atom. The Hall–Kier alpha value is -1.24. The summed E-state index contributed by atoms with van der Waals surface area (Å²) in [5.41, 5.74) is 2.14. The van der Waals surface area contributed by atoms with Gasteiger partial charge in [-0.25, -0.2) is 0 Å². The van der Waals surface area contributed by atoms with Crippen LogP contribution in [0.3, 0.4) is 0 Å². The molecule has 0 aromatic rings. The molecule has 0 aromatic carbocycles. The van der Waals surface area contributed by atoms with Gasteiger partial charge in [0.15, 0.2) is 0 Å². The first-order valence-corrected chi connectivity index (χ1v) is 3.89. The lowest BCUT2D eigenvalue weighted by molar-refractivity contribution is 1.00. The number of hydrogen-bond acceptors (Lipinski definition) is 1. The van der Waals surface area contributed by atoms with E-state index in [0.717, 1.165) is 11.3 Å². The van der Waals surface area contributed by atoms with Crippen molar-refractivity contribution in [2.75, 3.05) is 7.05 Å². The smallest absolute Gasteiger partial charge is 0.0361 e. The van der Waals surface area contributed by atoms with Crippen LogP contribution in [-0.2, 0) is 0 Å². The lowest BCUT2D eigenvalue weighted by Crippen LogP contribution is -2.05.